The SMILES string of the molecule is CCN(CC)S(=O)(=O)c1ccc2c(c1)nc(SCc1cc(C)no1)n2-c1ccc(OC)cc1. The fraction of sp³-hybridized carbons (Fsp3) is 0.304. The number of nitrogens with zero attached hydrogens (tertiary/aromatic N) is 4. The molecule has 0 saturated heterocycles. The maximum Gasteiger partial charge on any atom is 0.243 e. The van der Waals surface area contributed by atoms with Crippen molar-refractivity contribution < 1.29 is 17.7 Å². The zero-order valence-electron chi connectivity index (χ0n) is 19.0. The third kappa shape index (κ3) is 4.64. The molecule has 0 atom stereocenters. The van der Waals surface area contributed by atoms with Crippen molar-refractivity contribution in [1.29, 1.82) is 0 Å². The summed E-state index contributed by atoms with van der Waals surface area (Å²) >= 11 is 1.50. The van der Waals surface area contributed by atoms with E-state index in [1.165, 1.54) is 16.1 Å². The predicted octanol–water partition coefficient (Wildman–Crippen LogP) is 4.65. The van der Waals surface area contributed by atoms with Gasteiger partial charge in [0.25, 0.3) is 0 Å². The maximum atomic E-state index is 13.0. The van der Waals surface area contributed by atoms with Gasteiger partial charge in [-0.3, -0.25) is 4.57 Å². The fourth-order valence-electron chi connectivity index (χ4n) is 3.61. The molecule has 33 heavy (non-hydrogen) atoms. The Balaban J connectivity index is 1.80. The lowest BCUT2D eigenvalue weighted by Gasteiger charge is -2.18. The number of rotatable bonds is 9. The van der Waals surface area contributed by atoms with Crippen molar-refractivity contribution in [2.45, 2.75) is 36.6 Å². The average molecular weight is 487 g/mol. The van der Waals surface area contributed by atoms with E-state index in [-0.39, 0.29) is 4.90 Å². The topological polar surface area (TPSA) is 90.5 Å². The van der Waals surface area contributed by atoms with Crippen LogP contribution >= 0.6 is 11.8 Å². The van der Waals surface area contributed by atoms with Crippen molar-refractivity contribution >= 4 is 32.8 Å². The average Bonchev–Trinajstić information content (AvgIpc) is 3.40. The molecule has 0 aliphatic carbocycles. The summed E-state index contributed by atoms with van der Waals surface area (Å²) < 4.78 is 40.2. The van der Waals surface area contributed by atoms with E-state index in [9.17, 15) is 8.42 Å². The molecule has 8 nitrogen and oxygen atoms in total. The van der Waals surface area contributed by atoms with Crippen LogP contribution in [-0.2, 0) is 15.8 Å². The van der Waals surface area contributed by atoms with Crippen molar-refractivity contribution in [2.75, 3.05) is 20.2 Å². The normalized spacial score (nSPS) is 12.0. The molecule has 174 valence electrons. The molecule has 0 bridgehead atoms. The van der Waals surface area contributed by atoms with Crippen LogP contribution in [0.25, 0.3) is 16.7 Å². The van der Waals surface area contributed by atoms with Crippen molar-refractivity contribution in [3.8, 4) is 11.4 Å². The second-order valence-corrected chi connectivity index (χ2v) is 10.3. The molecule has 2 aromatic carbocycles. The minimum atomic E-state index is -3.58. The molecule has 0 spiro atoms. The Morgan fingerprint density at radius 3 is 2.42 bits per heavy atom. The summed E-state index contributed by atoms with van der Waals surface area (Å²) in [4.78, 5) is 5.02. The largest absolute Gasteiger partial charge is 0.497 e. The molecule has 4 rings (SSSR count). The van der Waals surface area contributed by atoms with Crippen LogP contribution in [-0.4, -0.2) is 47.6 Å². The number of sulfonamides is 1. The second-order valence-electron chi connectivity index (χ2n) is 7.39. The minimum absolute atomic E-state index is 0.237. The molecule has 0 aliphatic heterocycles. The maximum absolute atomic E-state index is 13.0. The number of benzene rings is 2. The number of ether oxygens (including phenoxy) is 1. The predicted molar refractivity (Wildman–Crippen MR) is 129 cm³/mol. The number of thioether (sulfide) groups is 1. The highest BCUT2D eigenvalue weighted by molar-refractivity contribution is 7.98. The molecule has 0 unspecified atom stereocenters. The zero-order valence-corrected chi connectivity index (χ0v) is 20.6. The van der Waals surface area contributed by atoms with E-state index in [1.807, 2.05) is 61.7 Å². The van der Waals surface area contributed by atoms with Crippen LogP contribution in [0.15, 0.2) is 63.1 Å². The van der Waals surface area contributed by atoms with Gasteiger partial charge in [-0.05, 0) is 49.4 Å². The minimum Gasteiger partial charge on any atom is -0.497 e. The molecule has 0 amide bonds. The van der Waals surface area contributed by atoms with Crippen molar-refractivity contribution in [3.05, 3.63) is 60.0 Å². The van der Waals surface area contributed by atoms with Crippen LogP contribution in [0.5, 0.6) is 5.75 Å². The first-order chi connectivity index (χ1) is 15.9. The highest BCUT2D eigenvalue weighted by Crippen LogP contribution is 2.32. The van der Waals surface area contributed by atoms with E-state index in [0.29, 0.717) is 24.4 Å². The Morgan fingerprint density at radius 2 is 1.82 bits per heavy atom. The lowest BCUT2D eigenvalue weighted by molar-refractivity contribution is 0.391. The third-order valence-electron chi connectivity index (χ3n) is 5.29. The Hall–Kier alpha value is -2.82. The molecule has 0 aliphatic rings. The summed E-state index contributed by atoms with van der Waals surface area (Å²) in [5.41, 5.74) is 3.14. The molecular formula is C23H26N4O4S2. The fourth-order valence-corrected chi connectivity index (χ4v) is 5.99. The molecule has 0 fully saturated rings. The van der Waals surface area contributed by atoms with Gasteiger partial charge in [-0.25, -0.2) is 13.4 Å². The summed E-state index contributed by atoms with van der Waals surface area (Å²) in [6.07, 6.45) is 0. The zero-order chi connectivity index (χ0) is 23.6. The molecule has 0 radical (unpaired) electrons. The van der Waals surface area contributed by atoms with Gasteiger partial charge >= 0.3 is 0 Å². The van der Waals surface area contributed by atoms with Gasteiger partial charge in [0.15, 0.2) is 5.16 Å². The first kappa shape index (κ1) is 23.3. The number of hydrogen-bond donors (Lipinski definition) is 0. The Labute approximate surface area is 197 Å². The van der Waals surface area contributed by atoms with E-state index >= 15 is 0 Å². The molecule has 10 heteroatoms. The van der Waals surface area contributed by atoms with E-state index in [0.717, 1.165) is 33.6 Å². The molecule has 2 heterocycles. The number of fused-ring (bicyclic) bond motifs is 1. The smallest absolute Gasteiger partial charge is 0.243 e. The monoisotopic (exact) mass is 486 g/mol. The van der Waals surface area contributed by atoms with Crippen LogP contribution in [0, 0.1) is 6.92 Å². The number of hydrogen-bond acceptors (Lipinski definition) is 7. The summed E-state index contributed by atoms with van der Waals surface area (Å²) in [5, 5.41) is 4.67. The van der Waals surface area contributed by atoms with E-state index in [1.54, 1.807) is 19.2 Å². The lowest BCUT2D eigenvalue weighted by atomic mass is 10.2. The Bertz CT molecular complexity index is 1360. The lowest BCUT2D eigenvalue weighted by Crippen LogP contribution is -2.30. The number of methoxy groups -OCH3 is 1. The quantitative estimate of drug-likeness (QED) is 0.318. The van der Waals surface area contributed by atoms with Crippen molar-refractivity contribution in [3.63, 3.8) is 0 Å². The van der Waals surface area contributed by atoms with Gasteiger partial charge in [0.05, 0.1) is 34.5 Å². The molecule has 0 N–H and O–H groups in total. The summed E-state index contributed by atoms with van der Waals surface area (Å²) in [7, 11) is -1.96. The van der Waals surface area contributed by atoms with Crippen LogP contribution < -0.4 is 4.74 Å². The van der Waals surface area contributed by atoms with Crippen LogP contribution in [0.2, 0.25) is 0 Å². The summed E-state index contributed by atoms with van der Waals surface area (Å²) in [6.45, 7) is 6.36. The van der Waals surface area contributed by atoms with Gasteiger partial charge in [0.1, 0.15) is 11.5 Å². The summed E-state index contributed by atoms with van der Waals surface area (Å²) in [5.74, 6) is 2.04. The number of imidazole rings is 1. The van der Waals surface area contributed by atoms with E-state index in [2.05, 4.69) is 5.16 Å². The standard InChI is InChI=1S/C23H26N4O4S2/c1-5-26(6-2)33(28,29)20-11-12-22-21(14-20)24-23(32-15-19-13-16(3)25-31-19)27(22)17-7-9-18(30-4)10-8-17/h7-14H,5-6,15H2,1-4H3. The van der Waals surface area contributed by atoms with Gasteiger partial charge in [0.2, 0.25) is 10.0 Å². The number of aromatic nitrogens is 3. The van der Waals surface area contributed by atoms with Gasteiger partial charge in [0, 0.05) is 24.8 Å². The molecular weight excluding hydrogens is 460 g/mol. The first-order valence-corrected chi connectivity index (χ1v) is 13.0. The van der Waals surface area contributed by atoms with Crippen LogP contribution in [0.3, 0.4) is 0 Å². The first-order valence-electron chi connectivity index (χ1n) is 10.6. The van der Waals surface area contributed by atoms with Gasteiger partial charge < -0.3 is 9.26 Å². The Morgan fingerprint density at radius 1 is 1.09 bits per heavy atom. The highest BCUT2D eigenvalue weighted by atomic mass is 32.2. The molecule has 4 aromatic rings. The van der Waals surface area contributed by atoms with Gasteiger partial charge in [-0.2, -0.15) is 4.31 Å². The van der Waals surface area contributed by atoms with Crippen LogP contribution in [0.4, 0.5) is 0 Å². The second kappa shape index (κ2) is 9.58. The molecule has 2 aromatic heterocycles. The summed E-state index contributed by atoms with van der Waals surface area (Å²) in [6, 6.07) is 14.7. The Kier molecular flexibility index (Phi) is 6.78. The van der Waals surface area contributed by atoms with Crippen LogP contribution in [0.1, 0.15) is 25.3 Å². The molecule has 0 saturated carbocycles. The van der Waals surface area contributed by atoms with E-state index < -0.39 is 10.0 Å². The van der Waals surface area contributed by atoms with Gasteiger partial charge in [-0.1, -0.05) is 30.8 Å². The number of aryl methyl sites for hydroxylation is 1. The third-order valence-corrected chi connectivity index (χ3v) is 8.30. The van der Waals surface area contributed by atoms with E-state index in [4.69, 9.17) is 14.2 Å². The van der Waals surface area contributed by atoms with Crippen molar-refractivity contribution in [2.24, 2.45) is 0 Å². The van der Waals surface area contributed by atoms with Gasteiger partial charge in [-0.15, -0.1) is 0 Å². The van der Waals surface area contributed by atoms with Crippen molar-refractivity contribution in [1.82, 2.24) is 19.0 Å². The highest BCUT2D eigenvalue weighted by Gasteiger charge is 2.23.